The van der Waals surface area contributed by atoms with Crippen LogP contribution in [0, 0.1) is 6.92 Å². The largest absolute Gasteiger partial charge is 0.476 e. The summed E-state index contributed by atoms with van der Waals surface area (Å²) in [6.07, 6.45) is 1.14. The number of nitrogens with one attached hydrogen (secondary N) is 1. The number of aryl methyl sites for hydroxylation is 1. The van der Waals surface area contributed by atoms with Gasteiger partial charge in [-0.15, -0.1) is 0 Å². The van der Waals surface area contributed by atoms with Crippen LogP contribution in [0.1, 0.15) is 16.1 Å². The first-order valence-corrected chi connectivity index (χ1v) is 5.42. The predicted molar refractivity (Wildman–Crippen MR) is 65.5 cm³/mol. The molecule has 90 valence electrons. The third-order valence-electron chi connectivity index (χ3n) is 2.88. The molecular weight excluding hydrogens is 232 g/mol. The van der Waals surface area contributed by atoms with Gasteiger partial charge in [0.05, 0.1) is 5.69 Å². The Hall–Kier alpha value is -2.56. The Morgan fingerprint density at radius 1 is 1.44 bits per heavy atom. The van der Waals surface area contributed by atoms with Gasteiger partial charge in [0.2, 0.25) is 0 Å². The van der Waals surface area contributed by atoms with Crippen molar-refractivity contribution < 1.29 is 14.3 Å². The zero-order chi connectivity index (χ0) is 12.7. The monoisotopic (exact) mass is 242 g/mol. The van der Waals surface area contributed by atoms with E-state index < -0.39 is 5.97 Å². The van der Waals surface area contributed by atoms with Crippen LogP contribution in [0.3, 0.4) is 0 Å². The minimum atomic E-state index is -1.10. The molecule has 5 heteroatoms. The number of fused-ring (bicyclic) bond motifs is 1. The van der Waals surface area contributed by atoms with E-state index in [1.165, 1.54) is 0 Å². The van der Waals surface area contributed by atoms with Crippen LogP contribution in [0.2, 0.25) is 0 Å². The fourth-order valence-electron chi connectivity index (χ4n) is 2.02. The number of oxazole rings is 1. The Kier molecular flexibility index (Phi) is 2.19. The molecule has 0 amide bonds. The van der Waals surface area contributed by atoms with Crippen LogP contribution in [0.5, 0.6) is 0 Å². The zero-order valence-electron chi connectivity index (χ0n) is 9.60. The highest BCUT2D eigenvalue weighted by molar-refractivity contribution is 5.94. The maximum atomic E-state index is 11.0. The molecule has 0 saturated heterocycles. The Morgan fingerprint density at radius 2 is 2.28 bits per heavy atom. The summed E-state index contributed by atoms with van der Waals surface area (Å²) in [5, 5.41) is 10.0. The Balaban J connectivity index is 2.23. The van der Waals surface area contributed by atoms with E-state index in [-0.39, 0.29) is 11.5 Å². The molecule has 18 heavy (non-hydrogen) atoms. The van der Waals surface area contributed by atoms with Crippen LogP contribution < -0.4 is 0 Å². The van der Waals surface area contributed by atoms with E-state index in [0.29, 0.717) is 5.69 Å². The van der Waals surface area contributed by atoms with E-state index in [1.54, 1.807) is 0 Å². The number of para-hydroxylation sites is 1. The topological polar surface area (TPSA) is 79.1 Å². The lowest BCUT2D eigenvalue weighted by Crippen LogP contribution is -1.98. The molecule has 0 saturated carbocycles. The van der Waals surface area contributed by atoms with Gasteiger partial charge in [-0.2, -0.15) is 0 Å². The number of nitrogens with zero attached hydrogens (tertiary/aromatic N) is 1. The summed E-state index contributed by atoms with van der Waals surface area (Å²) < 4.78 is 5.16. The average Bonchev–Trinajstić information content (AvgIpc) is 2.95. The fraction of sp³-hybridized carbons (Fsp3) is 0.0769. The number of carboxylic acid groups (broad SMARTS) is 1. The highest BCUT2D eigenvalue weighted by atomic mass is 16.4. The van der Waals surface area contributed by atoms with Gasteiger partial charge in [-0.3, -0.25) is 0 Å². The molecule has 3 rings (SSSR count). The molecule has 0 bridgehead atoms. The van der Waals surface area contributed by atoms with Crippen LogP contribution in [-0.2, 0) is 0 Å². The van der Waals surface area contributed by atoms with Crippen molar-refractivity contribution in [1.29, 1.82) is 0 Å². The average molecular weight is 242 g/mol. The first kappa shape index (κ1) is 10.6. The number of aromatic carboxylic acids is 1. The number of carboxylic acids is 1. The molecule has 0 atom stereocenters. The molecule has 2 heterocycles. The minimum absolute atomic E-state index is 0.0841. The predicted octanol–water partition coefficient (Wildman–Crippen LogP) is 2.83. The van der Waals surface area contributed by atoms with Gasteiger partial charge in [0.15, 0.2) is 17.8 Å². The van der Waals surface area contributed by atoms with E-state index in [9.17, 15) is 4.79 Å². The number of carbonyl (C=O) groups is 1. The number of hydrogen-bond donors (Lipinski definition) is 2. The van der Waals surface area contributed by atoms with Gasteiger partial charge in [0.25, 0.3) is 0 Å². The van der Waals surface area contributed by atoms with Gasteiger partial charge < -0.3 is 14.5 Å². The summed E-state index contributed by atoms with van der Waals surface area (Å²) in [7, 11) is 0. The van der Waals surface area contributed by atoms with Gasteiger partial charge in [0, 0.05) is 10.9 Å². The first-order valence-electron chi connectivity index (χ1n) is 5.42. The number of H-pyrrole nitrogens is 1. The molecule has 3 aromatic rings. The lowest BCUT2D eigenvalue weighted by Gasteiger charge is -1.94. The minimum Gasteiger partial charge on any atom is -0.476 e. The van der Waals surface area contributed by atoms with Crippen molar-refractivity contribution in [2.24, 2.45) is 0 Å². The quantitative estimate of drug-likeness (QED) is 0.724. The van der Waals surface area contributed by atoms with E-state index in [0.717, 1.165) is 22.9 Å². The smallest absolute Gasteiger partial charge is 0.358 e. The molecular formula is C13H10N2O3. The van der Waals surface area contributed by atoms with Crippen molar-refractivity contribution in [3.05, 3.63) is 41.9 Å². The highest BCUT2D eigenvalue weighted by Crippen LogP contribution is 2.27. The number of aromatic amines is 1. The second kappa shape index (κ2) is 3.73. The molecule has 0 aliphatic rings. The second-order valence-electron chi connectivity index (χ2n) is 4.06. The van der Waals surface area contributed by atoms with Crippen LogP contribution in [0.4, 0.5) is 0 Å². The molecule has 0 spiro atoms. The summed E-state index contributed by atoms with van der Waals surface area (Å²) in [5.41, 5.74) is 2.60. The summed E-state index contributed by atoms with van der Waals surface area (Å²) in [6.45, 7) is 1.99. The number of aromatic nitrogens is 2. The summed E-state index contributed by atoms with van der Waals surface area (Å²) in [6, 6.07) is 7.75. The number of rotatable bonds is 2. The van der Waals surface area contributed by atoms with E-state index >= 15 is 0 Å². The summed E-state index contributed by atoms with van der Waals surface area (Å²) in [5.74, 6) is -0.854. The highest BCUT2D eigenvalue weighted by Gasteiger charge is 2.18. The van der Waals surface area contributed by atoms with Crippen LogP contribution in [-0.4, -0.2) is 21.0 Å². The SMILES string of the molecule is Cc1cccc2cc(-c3ocnc3C(=O)O)[nH]c12. The third-order valence-corrected chi connectivity index (χ3v) is 2.88. The van der Waals surface area contributed by atoms with Gasteiger partial charge in [0.1, 0.15) is 0 Å². The number of hydrogen-bond acceptors (Lipinski definition) is 3. The normalized spacial score (nSPS) is 10.9. The second-order valence-corrected chi connectivity index (χ2v) is 4.06. The van der Waals surface area contributed by atoms with Gasteiger partial charge in [-0.25, -0.2) is 9.78 Å². The van der Waals surface area contributed by atoms with Crippen molar-refractivity contribution in [2.45, 2.75) is 6.92 Å². The van der Waals surface area contributed by atoms with Gasteiger partial charge in [-0.1, -0.05) is 18.2 Å². The standard InChI is InChI=1S/C13H10N2O3/c1-7-3-2-4-8-5-9(15-10(7)8)12-11(13(16)17)14-6-18-12/h2-6,15H,1H3,(H,16,17). The van der Waals surface area contributed by atoms with Crippen molar-refractivity contribution in [1.82, 2.24) is 9.97 Å². The first-order chi connectivity index (χ1) is 8.66. The van der Waals surface area contributed by atoms with Crippen LogP contribution in [0.15, 0.2) is 35.1 Å². The Morgan fingerprint density at radius 3 is 3.00 bits per heavy atom. The Labute approximate surface area is 102 Å². The summed E-state index contributed by atoms with van der Waals surface area (Å²) in [4.78, 5) is 17.9. The molecule has 0 unspecified atom stereocenters. The zero-order valence-corrected chi connectivity index (χ0v) is 9.60. The van der Waals surface area contributed by atoms with Crippen LogP contribution in [0.25, 0.3) is 22.4 Å². The molecule has 2 N–H and O–H groups in total. The molecule has 0 radical (unpaired) electrons. The molecule has 1 aromatic carbocycles. The summed E-state index contributed by atoms with van der Waals surface area (Å²) >= 11 is 0. The maximum Gasteiger partial charge on any atom is 0.358 e. The van der Waals surface area contributed by atoms with Crippen molar-refractivity contribution in [3.63, 3.8) is 0 Å². The van der Waals surface area contributed by atoms with Crippen LogP contribution >= 0.6 is 0 Å². The van der Waals surface area contributed by atoms with E-state index in [1.807, 2.05) is 31.2 Å². The van der Waals surface area contributed by atoms with Crippen molar-refractivity contribution in [2.75, 3.05) is 0 Å². The molecule has 2 aromatic heterocycles. The maximum absolute atomic E-state index is 11.0. The fourth-order valence-corrected chi connectivity index (χ4v) is 2.02. The lowest BCUT2D eigenvalue weighted by molar-refractivity contribution is 0.0691. The van der Waals surface area contributed by atoms with E-state index in [2.05, 4.69) is 9.97 Å². The van der Waals surface area contributed by atoms with Crippen molar-refractivity contribution >= 4 is 16.9 Å². The Bertz CT molecular complexity index is 740. The molecule has 0 fully saturated rings. The third kappa shape index (κ3) is 1.48. The van der Waals surface area contributed by atoms with Crippen molar-refractivity contribution in [3.8, 4) is 11.5 Å². The van der Waals surface area contributed by atoms with Gasteiger partial charge >= 0.3 is 5.97 Å². The number of benzene rings is 1. The molecule has 5 nitrogen and oxygen atoms in total. The van der Waals surface area contributed by atoms with E-state index in [4.69, 9.17) is 9.52 Å². The molecule has 0 aliphatic carbocycles. The lowest BCUT2D eigenvalue weighted by atomic mass is 10.2. The molecule has 0 aliphatic heterocycles. The van der Waals surface area contributed by atoms with Gasteiger partial charge in [-0.05, 0) is 18.6 Å².